The Morgan fingerprint density at radius 2 is 1.50 bits per heavy atom. The molecule has 1 rings (SSSR count). The minimum absolute atomic E-state index is 0.186. The number of alkyl carbamates (subject to hydrolysis) is 2. The lowest BCUT2D eigenvalue weighted by atomic mass is 9.86. The predicted molar refractivity (Wildman–Crippen MR) is 142 cm³/mol. The molecule has 0 bridgehead atoms. The number of hydrogen-bond donors (Lipinski definition) is 5. The number of rotatable bonds is 13. The second kappa shape index (κ2) is 15.8. The van der Waals surface area contributed by atoms with E-state index >= 15 is 0 Å². The van der Waals surface area contributed by atoms with E-state index < -0.39 is 42.3 Å². The van der Waals surface area contributed by atoms with Gasteiger partial charge in [0.15, 0.2) is 0 Å². The van der Waals surface area contributed by atoms with Crippen LogP contribution in [0.4, 0.5) is 9.59 Å². The highest BCUT2D eigenvalue weighted by Gasteiger charge is 2.34. The van der Waals surface area contributed by atoms with Gasteiger partial charge in [-0.3, -0.25) is 15.0 Å². The second-order valence-corrected chi connectivity index (χ2v) is 10.4. The van der Waals surface area contributed by atoms with Crippen LogP contribution in [0, 0.1) is 11.3 Å². The number of carbonyl (C=O) groups is 4. The van der Waals surface area contributed by atoms with Crippen LogP contribution in [-0.2, 0) is 25.5 Å². The molecule has 214 valence electrons. The zero-order valence-corrected chi connectivity index (χ0v) is 23.4. The van der Waals surface area contributed by atoms with E-state index in [4.69, 9.17) is 0 Å². The fourth-order valence-corrected chi connectivity index (χ4v) is 3.68. The summed E-state index contributed by atoms with van der Waals surface area (Å²) in [6.45, 7) is 8.67. The van der Waals surface area contributed by atoms with Gasteiger partial charge in [-0.1, -0.05) is 65.0 Å². The molecule has 5 N–H and O–H groups in total. The normalized spacial score (nSPS) is 13.7. The Bertz CT molecular complexity index is 905. The summed E-state index contributed by atoms with van der Waals surface area (Å²) in [7, 11) is 2.43. The van der Waals surface area contributed by atoms with Crippen LogP contribution in [0.3, 0.4) is 0 Å². The van der Waals surface area contributed by atoms with Gasteiger partial charge in [-0.2, -0.15) is 5.01 Å². The zero-order valence-electron chi connectivity index (χ0n) is 23.4. The number of nitrogens with zero attached hydrogens (tertiary/aromatic N) is 1. The SMILES string of the molecule is COC(=O)N[C@H](C(=O)N[C@H](CCN(CO)NC(=O)[C@@H](NC(=O)OC)C(C)(C)C)Cc1ccccc1)C(C)C. The number of amides is 4. The summed E-state index contributed by atoms with van der Waals surface area (Å²) in [5.41, 5.74) is 2.98. The Balaban J connectivity index is 2.99. The van der Waals surface area contributed by atoms with Gasteiger partial charge in [-0.15, -0.1) is 0 Å². The fourth-order valence-electron chi connectivity index (χ4n) is 3.68. The lowest BCUT2D eigenvalue weighted by Gasteiger charge is -2.32. The highest BCUT2D eigenvalue weighted by Crippen LogP contribution is 2.20. The molecule has 3 atom stereocenters. The molecule has 38 heavy (non-hydrogen) atoms. The monoisotopic (exact) mass is 537 g/mol. The summed E-state index contributed by atoms with van der Waals surface area (Å²) >= 11 is 0. The van der Waals surface area contributed by atoms with Crippen molar-refractivity contribution in [1.29, 1.82) is 0 Å². The zero-order chi connectivity index (χ0) is 28.9. The molecule has 12 heteroatoms. The van der Waals surface area contributed by atoms with Crippen molar-refractivity contribution in [3.05, 3.63) is 35.9 Å². The number of hydrazine groups is 1. The van der Waals surface area contributed by atoms with E-state index in [1.165, 1.54) is 19.2 Å². The molecule has 0 saturated heterocycles. The first kappa shape index (κ1) is 32.6. The van der Waals surface area contributed by atoms with Gasteiger partial charge in [0.1, 0.15) is 18.8 Å². The molecule has 0 aliphatic carbocycles. The summed E-state index contributed by atoms with van der Waals surface area (Å²) in [4.78, 5) is 49.6. The summed E-state index contributed by atoms with van der Waals surface area (Å²) in [5, 5.41) is 19.3. The summed E-state index contributed by atoms with van der Waals surface area (Å²) in [6.07, 6.45) is -0.616. The van der Waals surface area contributed by atoms with Crippen LogP contribution in [0.2, 0.25) is 0 Å². The molecular weight excluding hydrogens is 494 g/mol. The van der Waals surface area contributed by atoms with Crippen LogP contribution in [0.1, 0.15) is 46.6 Å². The number of carbonyl (C=O) groups excluding carboxylic acids is 4. The van der Waals surface area contributed by atoms with E-state index in [1.807, 2.05) is 44.2 Å². The first-order chi connectivity index (χ1) is 17.8. The van der Waals surface area contributed by atoms with Crippen molar-refractivity contribution >= 4 is 24.0 Å². The second-order valence-electron chi connectivity index (χ2n) is 10.4. The third kappa shape index (κ3) is 11.3. The number of aliphatic hydroxyl groups excluding tert-OH is 1. The summed E-state index contributed by atoms with van der Waals surface area (Å²) in [6, 6.07) is 7.42. The van der Waals surface area contributed by atoms with Gasteiger partial charge in [0, 0.05) is 12.6 Å². The maximum absolute atomic E-state index is 13.1. The molecule has 0 aliphatic rings. The van der Waals surface area contributed by atoms with Crippen molar-refractivity contribution in [1.82, 2.24) is 26.4 Å². The fraction of sp³-hybridized carbons (Fsp3) is 0.615. The average molecular weight is 538 g/mol. The lowest BCUT2D eigenvalue weighted by molar-refractivity contribution is -0.132. The molecule has 4 amide bonds. The molecule has 0 heterocycles. The Labute approximate surface area is 224 Å². The first-order valence-corrected chi connectivity index (χ1v) is 12.5. The van der Waals surface area contributed by atoms with Crippen LogP contribution in [0.5, 0.6) is 0 Å². The van der Waals surface area contributed by atoms with Gasteiger partial charge in [0.25, 0.3) is 5.91 Å². The topological polar surface area (TPSA) is 158 Å². The van der Waals surface area contributed by atoms with Gasteiger partial charge in [-0.05, 0) is 29.7 Å². The molecule has 0 aliphatic heterocycles. The van der Waals surface area contributed by atoms with E-state index in [2.05, 4.69) is 30.8 Å². The number of nitrogens with one attached hydrogen (secondary N) is 4. The quantitative estimate of drug-likeness (QED) is 0.187. The number of methoxy groups -OCH3 is 2. The van der Waals surface area contributed by atoms with E-state index in [-0.39, 0.29) is 24.4 Å². The summed E-state index contributed by atoms with van der Waals surface area (Å²) in [5.74, 6) is -1.10. The third-order valence-electron chi connectivity index (χ3n) is 5.84. The van der Waals surface area contributed by atoms with E-state index in [9.17, 15) is 24.3 Å². The Hall–Kier alpha value is -3.38. The molecular formula is C26H43N5O7. The lowest BCUT2D eigenvalue weighted by Crippen LogP contribution is -2.58. The Kier molecular flexibility index (Phi) is 13.6. The van der Waals surface area contributed by atoms with Crippen LogP contribution in [0.25, 0.3) is 0 Å². The average Bonchev–Trinajstić information content (AvgIpc) is 2.86. The van der Waals surface area contributed by atoms with E-state index in [0.29, 0.717) is 12.8 Å². The summed E-state index contributed by atoms with van der Waals surface area (Å²) < 4.78 is 9.28. The number of benzene rings is 1. The maximum atomic E-state index is 13.1. The molecule has 0 aromatic heterocycles. The van der Waals surface area contributed by atoms with Crippen LogP contribution >= 0.6 is 0 Å². The highest BCUT2D eigenvalue weighted by atomic mass is 16.5. The Morgan fingerprint density at radius 1 is 0.921 bits per heavy atom. The molecule has 12 nitrogen and oxygen atoms in total. The van der Waals surface area contributed by atoms with Crippen molar-refractivity contribution < 1.29 is 33.8 Å². The predicted octanol–water partition coefficient (Wildman–Crippen LogP) is 1.54. The van der Waals surface area contributed by atoms with Crippen LogP contribution in [-0.4, -0.2) is 79.7 Å². The maximum Gasteiger partial charge on any atom is 0.407 e. The largest absolute Gasteiger partial charge is 0.453 e. The van der Waals surface area contributed by atoms with E-state index in [0.717, 1.165) is 5.56 Å². The molecule has 0 spiro atoms. The number of aliphatic hydroxyl groups is 1. The van der Waals surface area contributed by atoms with Crippen molar-refractivity contribution in [3.8, 4) is 0 Å². The Morgan fingerprint density at radius 3 is 2.00 bits per heavy atom. The standard InChI is InChI=1S/C26H43N5O7/c1-17(2)20(28-24(35)37-6)22(33)27-19(15-18-11-9-8-10-12-18)13-14-31(16-32)30-23(34)21(26(3,4)5)29-25(36)38-7/h8-12,17,19-21,32H,13-16H2,1-7H3,(H,27,33)(H,28,35)(H,29,36)(H,30,34)/t19-,20+,21-/m1/s1. The third-order valence-corrected chi connectivity index (χ3v) is 5.84. The highest BCUT2D eigenvalue weighted by molar-refractivity contribution is 5.86. The van der Waals surface area contributed by atoms with Crippen molar-refractivity contribution in [3.63, 3.8) is 0 Å². The first-order valence-electron chi connectivity index (χ1n) is 12.5. The molecule has 1 aromatic carbocycles. The smallest absolute Gasteiger partial charge is 0.407 e. The van der Waals surface area contributed by atoms with Gasteiger partial charge >= 0.3 is 12.2 Å². The van der Waals surface area contributed by atoms with Gasteiger partial charge in [0.05, 0.1) is 14.2 Å². The van der Waals surface area contributed by atoms with Gasteiger partial charge < -0.3 is 30.5 Å². The van der Waals surface area contributed by atoms with Gasteiger partial charge in [0.2, 0.25) is 5.91 Å². The minimum Gasteiger partial charge on any atom is -0.453 e. The van der Waals surface area contributed by atoms with Crippen molar-refractivity contribution in [2.75, 3.05) is 27.5 Å². The van der Waals surface area contributed by atoms with E-state index in [1.54, 1.807) is 20.8 Å². The van der Waals surface area contributed by atoms with Gasteiger partial charge in [-0.25, -0.2) is 9.59 Å². The number of ether oxygens (including phenoxy) is 2. The number of hydrogen-bond acceptors (Lipinski definition) is 8. The molecule has 1 aromatic rings. The molecule has 0 unspecified atom stereocenters. The molecule has 0 radical (unpaired) electrons. The van der Waals surface area contributed by atoms with Crippen LogP contribution in [0.15, 0.2) is 30.3 Å². The minimum atomic E-state index is -0.931. The molecule has 0 fully saturated rings. The van der Waals surface area contributed by atoms with Crippen molar-refractivity contribution in [2.45, 2.75) is 65.6 Å². The van der Waals surface area contributed by atoms with Crippen LogP contribution < -0.4 is 21.4 Å². The molecule has 0 saturated carbocycles. The van der Waals surface area contributed by atoms with Crippen molar-refractivity contribution in [2.24, 2.45) is 11.3 Å².